The van der Waals surface area contributed by atoms with Crippen molar-refractivity contribution in [2.45, 2.75) is 0 Å². The zero-order valence-corrected chi connectivity index (χ0v) is 9.78. The fourth-order valence-electron chi connectivity index (χ4n) is 1.62. The van der Waals surface area contributed by atoms with Crippen molar-refractivity contribution in [2.24, 2.45) is 0 Å². The van der Waals surface area contributed by atoms with E-state index in [0.29, 0.717) is 11.1 Å². The standard InChI is InChI=1S/C13H8ClFO3/c14-10-6-7(5-9(12(10)15)13(17)18)8-3-1-2-4-11(8)16/h1-6,16H,(H,17,18). The van der Waals surface area contributed by atoms with Gasteiger partial charge in [0, 0.05) is 5.56 Å². The first kappa shape index (κ1) is 12.4. The van der Waals surface area contributed by atoms with Gasteiger partial charge in [0.1, 0.15) is 5.75 Å². The molecule has 2 aromatic rings. The molecule has 2 N–H and O–H groups in total. The molecular weight excluding hydrogens is 259 g/mol. The highest BCUT2D eigenvalue weighted by Gasteiger charge is 2.16. The Labute approximate surface area is 107 Å². The number of phenolic OH excluding ortho intramolecular Hbond substituents is 1. The Hall–Kier alpha value is -2.07. The smallest absolute Gasteiger partial charge is 0.338 e. The number of aromatic carboxylic acids is 1. The Bertz CT molecular complexity index is 626. The lowest BCUT2D eigenvalue weighted by molar-refractivity contribution is 0.0692. The van der Waals surface area contributed by atoms with Crippen LogP contribution in [0.15, 0.2) is 36.4 Å². The van der Waals surface area contributed by atoms with E-state index in [0.717, 1.165) is 6.07 Å². The van der Waals surface area contributed by atoms with Crippen molar-refractivity contribution in [2.75, 3.05) is 0 Å². The van der Waals surface area contributed by atoms with Crippen LogP contribution in [0.2, 0.25) is 5.02 Å². The van der Waals surface area contributed by atoms with Crippen molar-refractivity contribution in [3.63, 3.8) is 0 Å². The quantitative estimate of drug-likeness (QED) is 0.874. The Balaban J connectivity index is 2.67. The van der Waals surface area contributed by atoms with Crippen molar-refractivity contribution in [1.29, 1.82) is 0 Å². The Morgan fingerprint density at radius 2 is 1.89 bits per heavy atom. The molecule has 0 saturated heterocycles. The van der Waals surface area contributed by atoms with E-state index in [9.17, 15) is 14.3 Å². The molecule has 0 unspecified atom stereocenters. The number of benzene rings is 2. The second-order valence-corrected chi connectivity index (χ2v) is 4.05. The molecule has 5 heteroatoms. The molecule has 0 aliphatic heterocycles. The van der Waals surface area contributed by atoms with E-state index in [1.165, 1.54) is 12.1 Å². The third-order valence-corrected chi connectivity index (χ3v) is 2.75. The van der Waals surface area contributed by atoms with Crippen LogP contribution in [-0.4, -0.2) is 16.2 Å². The van der Waals surface area contributed by atoms with E-state index in [-0.39, 0.29) is 10.8 Å². The number of hydrogen-bond acceptors (Lipinski definition) is 2. The predicted octanol–water partition coefficient (Wildman–Crippen LogP) is 3.55. The minimum atomic E-state index is -1.41. The maximum absolute atomic E-state index is 13.5. The highest BCUT2D eigenvalue weighted by molar-refractivity contribution is 6.31. The Morgan fingerprint density at radius 1 is 1.22 bits per heavy atom. The lowest BCUT2D eigenvalue weighted by Gasteiger charge is -2.07. The van der Waals surface area contributed by atoms with E-state index >= 15 is 0 Å². The van der Waals surface area contributed by atoms with Crippen LogP contribution in [-0.2, 0) is 0 Å². The lowest BCUT2D eigenvalue weighted by atomic mass is 10.0. The average molecular weight is 267 g/mol. The second kappa shape index (κ2) is 4.66. The highest BCUT2D eigenvalue weighted by atomic mass is 35.5. The van der Waals surface area contributed by atoms with E-state index in [1.807, 2.05) is 0 Å². The molecule has 0 spiro atoms. The van der Waals surface area contributed by atoms with Crippen LogP contribution in [0, 0.1) is 5.82 Å². The molecule has 0 heterocycles. The number of carbonyl (C=O) groups is 1. The van der Waals surface area contributed by atoms with Gasteiger partial charge in [0.15, 0.2) is 5.82 Å². The summed E-state index contributed by atoms with van der Waals surface area (Å²) in [5.41, 5.74) is 0.208. The van der Waals surface area contributed by atoms with Crippen molar-refractivity contribution < 1.29 is 19.4 Å². The first-order valence-electron chi connectivity index (χ1n) is 5.01. The third kappa shape index (κ3) is 2.15. The molecule has 2 rings (SSSR count). The van der Waals surface area contributed by atoms with Gasteiger partial charge in [-0.05, 0) is 23.8 Å². The SMILES string of the molecule is O=C(O)c1cc(-c2ccccc2O)cc(Cl)c1F. The normalized spacial score (nSPS) is 10.3. The second-order valence-electron chi connectivity index (χ2n) is 3.64. The minimum absolute atomic E-state index is 0.0310. The van der Waals surface area contributed by atoms with Crippen molar-refractivity contribution in [1.82, 2.24) is 0 Å². The fourth-order valence-corrected chi connectivity index (χ4v) is 1.84. The number of carboxylic acids is 1. The molecule has 0 aliphatic rings. The summed E-state index contributed by atoms with van der Waals surface area (Å²) < 4.78 is 13.5. The molecule has 0 atom stereocenters. The summed E-state index contributed by atoms with van der Waals surface area (Å²) in [7, 11) is 0. The minimum Gasteiger partial charge on any atom is -0.507 e. The molecule has 0 amide bonds. The molecule has 18 heavy (non-hydrogen) atoms. The van der Waals surface area contributed by atoms with Gasteiger partial charge in [-0.1, -0.05) is 29.8 Å². The maximum atomic E-state index is 13.5. The molecule has 0 bridgehead atoms. The van der Waals surface area contributed by atoms with Gasteiger partial charge in [-0.25, -0.2) is 9.18 Å². The van der Waals surface area contributed by atoms with Gasteiger partial charge in [0.2, 0.25) is 0 Å². The third-order valence-electron chi connectivity index (χ3n) is 2.47. The number of carboxylic acid groups (broad SMARTS) is 1. The first-order chi connectivity index (χ1) is 8.50. The van der Waals surface area contributed by atoms with Crippen LogP contribution in [0.5, 0.6) is 5.75 Å². The summed E-state index contributed by atoms with van der Waals surface area (Å²) in [6.45, 7) is 0. The summed E-state index contributed by atoms with van der Waals surface area (Å²) in [4.78, 5) is 10.9. The monoisotopic (exact) mass is 266 g/mol. The number of halogens is 2. The molecule has 3 nitrogen and oxygen atoms in total. The zero-order valence-electron chi connectivity index (χ0n) is 9.02. The topological polar surface area (TPSA) is 57.5 Å². The number of aromatic hydroxyl groups is 1. The molecule has 92 valence electrons. The van der Waals surface area contributed by atoms with Crippen LogP contribution >= 0.6 is 11.6 Å². The van der Waals surface area contributed by atoms with Crippen molar-refractivity contribution >= 4 is 17.6 Å². The number of hydrogen-bond donors (Lipinski definition) is 2. The first-order valence-corrected chi connectivity index (χ1v) is 5.39. The van der Waals surface area contributed by atoms with Gasteiger partial charge in [-0.15, -0.1) is 0 Å². The van der Waals surface area contributed by atoms with Crippen LogP contribution in [0.3, 0.4) is 0 Å². The summed E-state index contributed by atoms with van der Waals surface area (Å²) in [6, 6.07) is 8.75. The van der Waals surface area contributed by atoms with Crippen LogP contribution in [0.1, 0.15) is 10.4 Å². The van der Waals surface area contributed by atoms with E-state index in [2.05, 4.69) is 0 Å². The summed E-state index contributed by atoms with van der Waals surface area (Å²) in [5.74, 6) is -2.42. The van der Waals surface area contributed by atoms with Crippen molar-refractivity contribution in [3.8, 4) is 16.9 Å². The summed E-state index contributed by atoms with van der Waals surface area (Å²) >= 11 is 5.65. The Morgan fingerprint density at radius 3 is 2.50 bits per heavy atom. The fraction of sp³-hybridized carbons (Fsp3) is 0. The molecule has 0 aliphatic carbocycles. The lowest BCUT2D eigenvalue weighted by Crippen LogP contribution is -2.01. The molecule has 0 fully saturated rings. The molecular formula is C13H8ClFO3. The number of para-hydroxylation sites is 1. The van der Waals surface area contributed by atoms with E-state index in [4.69, 9.17) is 16.7 Å². The zero-order chi connectivity index (χ0) is 13.3. The van der Waals surface area contributed by atoms with Crippen LogP contribution < -0.4 is 0 Å². The highest BCUT2D eigenvalue weighted by Crippen LogP contribution is 2.32. The number of rotatable bonds is 2. The largest absolute Gasteiger partial charge is 0.507 e. The van der Waals surface area contributed by atoms with Crippen molar-refractivity contribution in [3.05, 3.63) is 52.8 Å². The predicted molar refractivity (Wildman–Crippen MR) is 65.5 cm³/mol. The van der Waals surface area contributed by atoms with E-state index in [1.54, 1.807) is 18.2 Å². The molecule has 0 radical (unpaired) electrons. The Kier molecular flexibility index (Phi) is 3.21. The van der Waals surface area contributed by atoms with Gasteiger partial charge in [-0.3, -0.25) is 0 Å². The maximum Gasteiger partial charge on any atom is 0.338 e. The summed E-state index contributed by atoms with van der Waals surface area (Å²) in [5, 5.41) is 18.2. The number of phenols is 1. The average Bonchev–Trinajstić information content (AvgIpc) is 2.33. The van der Waals surface area contributed by atoms with Gasteiger partial charge < -0.3 is 10.2 Å². The van der Waals surface area contributed by atoms with Gasteiger partial charge in [-0.2, -0.15) is 0 Å². The van der Waals surface area contributed by atoms with Gasteiger partial charge in [0.25, 0.3) is 0 Å². The van der Waals surface area contributed by atoms with Crippen LogP contribution in [0.25, 0.3) is 11.1 Å². The molecule has 2 aromatic carbocycles. The van der Waals surface area contributed by atoms with Gasteiger partial charge >= 0.3 is 5.97 Å². The van der Waals surface area contributed by atoms with Crippen LogP contribution in [0.4, 0.5) is 4.39 Å². The summed E-state index contributed by atoms with van der Waals surface area (Å²) in [6.07, 6.45) is 0. The van der Waals surface area contributed by atoms with Gasteiger partial charge in [0.05, 0.1) is 10.6 Å². The van der Waals surface area contributed by atoms with E-state index < -0.39 is 17.3 Å². The molecule has 0 saturated carbocycles. The molecule has 0 aromatic heterocycles.